The van der Waals surface area contributed by atoms with E-state index in [1.165, 1.54) is 18.2 Å². The standard InChI is InChI=1S/C27H28F2N6O3.C4H6O6/c1-2-15-11-23(36)18(28)12-17(15)16-9-19(29)25-21(10-16)32-33-26(25)27-30-20-3-4-35(13-22(20)31-27)24(37)14-34-5-7-38-8-6-34;5-1(3(7)8)2(6)4(9)10/h9-12,36H,2-8,13-14H2,1H3,(H,30,31)(H,32,33);1-2,5-6H,(H,7,8)(H,9,10). The molecule has 2 atom stereocenters. The number of aliphatic hydroxyl groups excluding tert-OH is 2. The summed E-state index contributed by atoms with van der Waals surface area (Å²) in [6.45, 7) is 6.01. The van der Waals surface area contributed by atoms with E-state index in [0.717, 1.165) is 24.5 Å². The SMILES string of the molecule is CCc1cc(O)c(F)cc1-c1cc(F)c2c(-c3nc4c([nH]3)CN(C(=O)CN3CCOCC3)CC4)n[nH]c2c1.O=C(O)C(O)C(O)C(=O)O. The van der Waals surface area contributed by atoms with Crippen molar-refractivity contribution >= 4 is 28.7 Å². The van der Waals surface area contributed by atoms with Crippen molar-refractivity contribution in [2.24, 2.45) is 0 Å². The number of aromatic amines is 2. The molecule has 0 spiro atoms. The van der Waals surface area contributed by atoms with Crippen LogP contribution in [0.1, 0.15) is 23.9 Å². The molecule has 15 nitrogen and oxygen atoms in total. The summed E-state index contributed by atoms with van der Waals surface area (Å²) in [6, 6.07) is 5.66. The number of halogens is 2. The lowest BCUT2D eigenvalue weighted by molar-refractivity contribution is -0.165. The zero-order chi connectivity index (χ0) is 34.7. The van der Waals surface area contributed by atoms with Gasteiger partial charge in [0.05, 0.1) is 48.6 Å². The third-order valence-electron chi connectivity index (χ3n) is 8.16. The summed E-state index contributed by atoms with van der Waals surface area (Å²) in [7, 11) is 0. The van der Waals surface area contributed by atoms with E-state index in [1.54, 1.807) is 6.07 Å². The number of aromatic nitrogens is 4. The Bertz CT molecular complexity index is 1820. The molecule has 6 rings (SSSR count). The molecule has 1 fully saturated rings. The fraction of sp³-hybridized carbons (Fsp3) is 0.387. The number of morpholine rings is 1. The summed E-state index contributed by atoms with van der Waals surface area (Å²) in [4.78, 5) is 44.3. The van der Waals surface area contributed by atoms with E-state index in [1.807, 2.05) is 11.8 Å². The highest BCUT2D eigenvalue weighted by Crippen LogP contribution is 2.35. The number of aliphatic hydroxyl groups is 2. The molecule has 2 unspecified atom stereocenters. The van der Waals surface area contributed by atoms with Gasteiger partial charge in [0.15, 0.2) is 29.6 Å². The highest BCUT2D eigenvalue weighted by atomic mass is 19.1. The Hall–Kier alpha value is -4.97. The van der Waals surface area contributed by atoms with Gasteiger partial charge in [0.2, 0.25) is 5.91 Å². The number of amides is 1. The molecule has 2 aromatic heterocycles. The number of phenols is 1. The summed E-state index contributed by atoms with van der Waals surface area (Å²) in [5, 5.41) is 49.8. The Morgan fingerprint density at radius 2 is 1.69 bits per heavy atom. The fourth-order valence-corrected chi connectivity index (χ4v) is 5.54. The van der Waals surface area contributed by atoms with Crippen LogP contribution in [0.4, 0.5) is 8.78 Å². The number of hydrogen-bond donors (Lipinski definition) is 7. The predicted octanol–water partition coefficient (Wildman–Crippen LogP) is 1.26. The van der Waals surface area contributed by atoms with Crippen LogP contribution in [-0.2, 0) is 38.5 Å². The van der Waals surface area contributed by atoms with Gasteiger partial charge in [-0.2, -0.15) is 5.10 Å². The molecule has 0 saturated carbocycles. The molecular weight excluding hydrogens is 638 g/mol. The van der Waals surface area contributed by atoms with Crippen molar-refractivity contribution in [3.63, 3.8) is 0 Å². The van der Waals surface area contributed by atoms with Gasteiger partial charge >= 0.3 is 11.9 Å². The van der Waals surface area contributed by atoms with Crippen LogP contribution in [-0.4, -0.2) is 125 Å². The van der Waals surface area contributed by atoms with Crippen molar-refractivity contribution in [2.75, 3.05) is 39.4 Å². The normalized spacial score (nSPS) is 16.1. The Kier molecular flexibility index (Phi) is 10.3. The highest BCUT2D eigenvalue weighted by Gasteiger charge is 2.30. The Balaban J connectivity index is 0.000000393. The molecule has 2 aromatic carbocycles. The molecule has 48 heavy (non-hydrogen) atoms. The van der Waals surface area contributed by atoms with Crippen LogP contribution in [0.15, 0.2) is 24.3 Å². The van der Waals surface area contributed by atoms with Crippen LogP contribution in [0.3, 0.4) is 0 Å². The van der Waals surface area contributed by atoms with Crippen LogP contribution < -0.4 is 0 Å². The lowest BCUT2D eigenvalue weighted by Gasteiger charge is -2.31. The minimum absolute atomic E-state index is 0.0645. The number of carboxylic acids is 2. The predicted molar refractivity (Wildman–Crippen MR) is 164 cm³/mol. The highest BCUT2D eigenvalue weighted by molar-refractivity contribution is 5.95. The van der Waals surface area contributed by atoms with E-state index in [9.17, 15) is 23.9 Å². The summed E-state index contributed by atoms with van der Waals surface area (Å²) in [5.74, 6) is -4.76. The van der Waals surface area contributed by atoms with Crippen molar-refractivity contribution < 1.29 is 53.4 Å². The number of ether oxygens (including phenoxy) is 1. The average Bonchev–Trinajstić information content (AvgIpc) is 3.70. The number of phenolic OH excluding ortho intramolecular Hbond substituents is 1. The first-order valence-corrected chi connectivity index (χ1v) is 15.0. The average molecular weight is 673 g/mol. The van der Waals surface area contributed by atoms with E-state index in [0.29, 0.717) is 79.4 Å². The lowest BCUT2D eigenvalue weighted by Crippen LogP contribution is -2.46. The third-order valence-corrected chi connectivity index (χ3v) is 8.16. The first-order chi connectivity index (χ1) is 22.9. The number of imidazole rings is 1. The molecular formula is C31H34F2N6O9. The molecule has 4 heterocycles. The quantitative estimate of drug-likeness (QED) is 0.140. The second-order valence-corrected chi connectivity index (χ2v) is 11.3. The number of hydrogen-bond acceptors (Lipinski definition) is 10. The van der Waals surface area contributed by atoms with E-state index in [-0.39, 0.29) is 11.3 Å². The lowest BCUT2D eigenvalue weighted by atomic mass is 9.96. The number of aryl methyl sites for hydroxylation is 1. The van der Waals surface area contributed by atoms with Crippen molar-refractivity contribution in [1.29, 1.82) is 0 Å². The number of carboxylic acid groups (broad SMARTS) is 2. The topological polar surface area (TPSA) is 225 Å². The molecule has 4 aromatic rings. The zero-order valence-corrected chi connectivity index (χ0v) is 25.7. The van der Waals surface area contributed by atoms with E-state index in [4.69, 9.17) is 25.2 Å². The van der Waals surface area contributed by atoms with Gasteiger partial charge in [-0.05, 0) is 47.4 Å². The molecule has 17 heteroatoms. The molecule has 7 N–H and O–H groups in total. The number of aliphatic carboxylic acids is 2. The Morgan fingerprint density at radius 3 is 2.33 bits per heavy atom. The third kappa shape index (κ3) is 7.28. The molecule has 2 aliphatic rings. The minimum atomic E-state index is -2.27. The first-order valence-electron chi connectivity index (χ1n) is 15.0. The van der Waals surface area contributed by atoms with Gasteiger partial charge in [0.25, 0.3) is 0 Å². The monoisotopic (exact) mass is 672 g/mol. The number of benzene rings is 2. The molecule has 1 amide bonds. The number of fused-ring (bicyclic) bond motifs is 2. The van der Waals surface area contributed by atoms with Crippen molar-refractivity contribution in [3.05, 3.63) is 52.9 Å². The summed E-state index contributed by atoms with van der Waals surface area (Å²) in [5.41, 5.74) is 4.15. The number of nitrogens with zero attached hydrogens (tertiary/aromatic N) is 4. The summed E-state index contributed by atoms with van der Waals surface area (Å²) in [6.07, 6.45) is -3.39. The number of rotatable bonds is 8. The maximum absolute atomic E-state index is 15.5. The van der Waals surface area contributed by atoms with Gasteiger partial charge in [-0.1, -0.05) is 6.92 Å². The van der Waals surface area contributed by atoms with Crippen LogP contribution in [0.25, 0.3) is 33.5 Å². The van der Waals surface area contributed by atoms with Crippen LogP contribution in [0.5, 0.6) is 5.75 Å². The van der Waals surface area contributed by atoms with Crippen LogP contribution in [0.2, 0.25) is 0 Å². The van der Waals surface area contributed by atoms with Gasteiger partial charge < -0.3 is 40.2 Å². The van der Waals surface area contributed by atoms with E-state index in [2.05, 4.69) is 25.1 Å². The van der Waals surface area contributed by atoms with Gasteiger partial charge in [0.1, 0.15) is 11.5 Å². The second kappa shape index (κ2) is 14.4. The van der Waals surface area contributed by atoms with E-state index < -0.39 is 41.5 Å². The largest absolute Gasteiger partial charge is 0.505 e. The van der Waals surface area contributed by atoms with Crippen molar-refractivity contribution in [1.82, 2.24) is 30.0 Å². The zero-order valence-electron chi connectivity index (χ0n) is 25.7. The fourth-order valence-electron chi connectivity index (χ4n) is 5.54. The Morgan fingerprint density at radius 1 is 1.00 bits per heavy atom. The number of H-pyrrole nitrogens is 2. The van der Waals surface area contributed by atoms with Crippen molar-refractivity contribution in [2.45, 2.75) is 38.5 Å². The molecule has 0 aliphatic carbocycles. The van der Waals surface area contributed by atoms with Crippen LogP contribution in [0, 0.1) is 11.6 Å². The van der Waals surface area contributed by atoms with Crippen molar-refractivity contribution in [3.8, 4) is 28.4 Å². The van der Waals surface area contributed by atoms with Gasteiger partial charge in [-0.15, -0.1) is 0 Å². The van der Waals surface area contributed by atoms with Gasteiger partial charge in [-0.3, -0.25) is 14.8 Å². The molecule has 256 valence electrons. The second-order valence-electron chi connectivity index (χ2n) is 11.3. The smallest absolute Gasteiger partial charge is 0.335 e. The molecule has 1 saturated heterocycles. The minimum Gasteiger partial charge on any atom is -0.505 e. The maximum Gasteiger partial charge on any atom is 0.335 e. The number of carbonyl (C=O) groups excluding carboxylic acids is 1. The number of nitrogens with one attached hydrogen (secondary N) is 2. The summed E-state index contributed by atoms with van der Waals surface area (Å²) >= 11 is 0. The van der Waals surface area contributed by atoms with Crippen LogP contribution >= 0.6 is 0 Å². The van der Waals surface area contributed by atoms with Gasteiger partial charge in [0, 0.05) is 26.1 Å². The first kappa shape index (κ1) is 34.4. The summed E-state index contributed by atoms with van der Waals surface area (Å²) < 4.78 is 35.0. The number of carbonyl (C=O) groups is 3. The molecule has 0 bridgehead atoms. The molecule has 0 radical (unpaired) electrons. The molecule has 2 aliphatic heterocycles. The van der Waals surface area contributed by atoms with Gasteiger partial charge in [-0.25, -0.2) is 23.4 Å². The van der Waals surface area contributed by atoms with E-state index >= 15 is 4.39 Å². The Labute approximate surface area is 271 Å². The maximum atomic E-state index is 15.5. The number of aromatic hydroxyl groups is 1.